The van der Waals surface area contributed by atoms with E-state index in [1.54, 1.807) is 24.3 Å². The molecule has 0 N–H and O–H groups in total. The van der Waals surface area contributed by atoms with E-state index < -0.39 is 0 Å². The molecule has 0 radical (unpaired) electrons. The fraction of sp³-hybridized carbons (Fsp3) is 0.133. The zero-order valence-electron chi connectivity index (χ0n) is 10.3. The summed E-state index contributed by atoms with van der Waals surface area (Å²) in [5.74, 6) is 0.478. The molecule has 2 aromatic carbocycles. The average Bonchev–Trinajstić information content (AvgIpc) is 2.87. The number of ketones is 1. The molecular weight excluding hydrogens is 363 g/mol. The first kappa shape index (κ1) is 13.9. The van der Waals surface area contributed by atoms with Crippen molar-refractivity contribution in [1.29, 1.82) is 0 Å². The van der Waals surface area contributed by atoms with Gasteiger partial charge in [-0.25, -0.2) is 0 Å². The van der Waals surface area contributed by atoms with Crippen LogP contribution in [0.1, 0.15) is 21.5 Å². The van der Waals surface area contributed by atoms with Crippen LogP contribution in [-0.4, -0.2) is 12.4 Å². The maximum Gasteiger partial charge on any atom is 0.198 e. The average molecular weight is 372 g/mol. The van der Waals surface area contributed by atoms with Gasteiger partial charge in [0.05, 0.1) is 12.2 Å². The molecule has 0 aliphatic carbocycles. The molecule has 0 bridgehead atoms. The molecule has 20 heavy (non-hydrogen) atoms. The highest BCUT2D eigenvalue weighted by Gasteiger charge is 2.24. The van der Waals surface area contributed by atoms with Gasteiger partial charge in [0.1, 0.15) is 5.75 Å². The van der Waals surface area contributed by atoms with Crippen molar-refractivity contribution in [3.8, 4) is 5.75 Å². The summed E-state index contributed by atoms with van der Waals surface area (Å²) in [7, 11) is 0. The number of carbonyl (C=O) groups is 1. The molecule has 0 fully saturated rings. The summed E-state index contributed by atoms with van der Waals surface area (Å²) in [5, 5.41) is 1.05. The standard InChI is InChI=1S/C15H9BrCl2O2/c16-13-2-1-9(17)6-11(13)14(19)12-7-10(18)5-8-3-4-20-15(8)12/h1-2,5-7H,3-4H2. The lowest BCUT2D eigenvalue weighted by molar-refractivity contribution is 0.103. The molecule has 3 rings (SSSR count). The molecule has 1 aliphatic rings. The Morgan fingerprint density at radius 1 is 1.10 bits per heavy atom. The molecule has 0 amide bonds. The second-order valence-electron chi connectivity index (χ2n) is 4.49. The lowest BCUT2D eigenvalue weighted by Crippen LogP contribution is -2.05. The first-order chi connectivity index (χ1) is 9.56. The van der Waals surface area contributed by atoms with Crippen molar-refractivity contribution < 1.29 is 9.53 Å². The number of carbonyl (C=O) groups excluding carboxylic acids is 1. The smallest absolute Gasteiger partial charge is 0.198 e. The Balaban J connectivity index is 2.14. The molecule has 5 heteroatoms. The quantitative estimate of drug-likeness (QED) is 0.700. The van der Waals surface area contributed by atoms with Gasteiger partial charge in [0.15, 0.2) is 5.78 Å². The monoisotopic (exact) mass is 370 g/mol. The summed E-state index contributed by atoms with van der Waals surface area (Å²) in [6.45, 7) is 0.576. The predicted molar refractivity (Wildman–Crippen MR) is 83.2 cm³/mol. The highest BCUT2D eigenvalue weighted by Crippen LogP contribution is 2.35. The summed E-state index contributed by atoms with van der Waals surface area (Å²) in [4.78, 5) is 12.7. The molecule has 2 nitrogen and oxygen atoms in total. The van der Waals surface area contributed by atoms with Gasteiger partial charge in [-0.05, 0) is 35.9 Å². The molecule has 0 saturated carbocycles. The Bertz CT molecular complexity index is 713. The van der Waals surface area contributed by atoms with Crippen LogP contribution >= 0.6 is 39.1 Å². The zero-order chi connectivity index (χ0) is 14.3. The Labute approximate surface area is 134 Å². The van der Waals surface area contributed by atoms with Crippen LogP contribution in [0.4, 0.5) is 0 Å². The van der Waals surface area contributed by atoms with E-state index in [0.717, 1.165) is 12.0 Å². The van der Waals surface area contributed by atoms with E-state index in [1.807, 2.05) is 6.07 Å². The highest BCUT2D eigenvalue weighted by molar-refractivity contribution is 9.10. The maximum absolute atomic E-state index is 12.7. The van der Waals surface area contributed by atoms with Gasteiger partial charge in [0, 0.05) is 26.5 Å². The molecule has 0 aromatic heterocycles. The largest absolute Gasteiger partial charge is 0.492 e. The second kappa shape index (κ2) is 5.40. The Hall–Kier alpha value is -1.03. The number of hydrogen-bond donors (Lipinski definition) is 0. The van der Waals surface area contributed by atoms with Crippen LogP contribution in [0.2, 0.25) is 10.0 Å². The molecule has 0 spiro atoms. The van der Waals surface area contributed by atoms with Crippen LogP contribution < -0.4 is 4.74 Å². The summed E-state index contributed by atoms with van der Waals surface area (Å²) >= 11 is 15.4. The summed E-state index contributed by atoms with van der Waals surface area (Å²) in [5.41, 5.74) is 1.95. The predicted octanol–water partition coefficient (Wildman–Crippen LogP) is 4.92. The zero-order valence-corrected chi connectivity index (χ0v) is 13.3. The number of hydrogen-bond acceptors (Lipinski definition) is 2. The molecule has 2 aromatic rings. The third-order valence-corrected chi connectivity index (χ3v) is 4.31. The van der Waals surface area contributed by atoms with E-state index in [0.29, 0.717) is 38.0 Å². The van der Waals surface area contributed by atoms with Gasteiger partial charge in [-0.2, -0.15) is 0 Å². The van der Waals surface area contributed by atoms with Gasteiger partial charge in [-0.1, -0.05) is 39.1 Å². The fourth-order valence-electron chi connectivity index (χ4n) is 2.25. The summed E-state index contributed by atoms with van der Waals surface area (Å²) in [6.07, 6.45) is 0.771. The van der Waals surface area contributed by atoms with Crippen molar-refractivity contribution in [3.05, 3.63) is 61.5 Å². The SMILES string of the molecule is O=C(c1cc(Cl)ccc1Br)c1cc(Cl)cc2c1OCC2. The van der Waals surface area contributed by atoms with Crippen LogP contribution in [0.15, 0.2) is 34.8 Å². The summed E-state index contributed by atoms with van der Waals surface area (Å²) < 4.78 is 6.26. The maximum atomic E-state index is 12.7. The Morgan fingerprint density at radius 2 is 1.85 bits per heavy atom. The van der Waals surface area contributed by atoms with E-state index in [9.17, 15) is 4.79 Å². The third-order valence-electron chi connectivity index (χ3n) is 3.17. The number of halogens is 3. The summed E-state index contributed by atoms with van der Waals surface area (Å²) in [6, 6.07) is 8.59. The van der Waals surface area contributed by atoms with E-state index in [4.69, 9.17) is 27.9 Å². The van der Waals surface area contributed by atoms with E-state index in [-0.39, 0.29) is 5.78 Å². The van der Waals surface area contributed by atoms with Gasteiger partial charge in [0.25, 0.3) is 0 Å². The minimum atomic E-state index is -0.153. The molecule has 0 unspecified atom stereocenters. The Morgan fingerprint density at radius 3 is 2.65 bits per heavy atom. The topological polar surface area (TPSA) is 26.3 Å². The molecule has 1 heterocycles. The first-order valence-corrected chi connectivity index (χ1v) is 7.56. The van der Waals surface area contributed by atoms with Crippen LogP contribution in [0.5, 0.6) is 5.75 Å². The van der Waals surface area contributed by atoms with Crippen molar-refractivity contribution in [2.75, 3.05) is 6.61 Å². The normalized spacial score (nSPS) is 12.9. The van der Waals surface area contributed by atoms with Crippen LogP contribution in [-0.2, 0) is 6.42 Å². The van der Waals surface area contributed by atoms with Crippen LogP contribution in [0, 0.1) is 0 Å². The number of rotatable bonds is 2. The highest BCUT2D eigenvalue weighted by atomic mass is 79.9. The van der Waals surface area contributed by atoms with Gasteiger partial charge >= 0.3 is 0 Å². The van der Waals surface area contributed by atoms with E-state index in [2.05, 4.69) is 15.9 Å². The van der Waals surface area contributed by atoms with Crippen molar-refractivity contribution in [2.24, 2.45) is 0 Å². The lowest BCUT2D eigenvalue weighted by atomic mass is 10.00. The second-order valence-corrected chi connectivity index (χ2v) is 6.22. The lowest BCUT2D eigenvalue weighted by Gasteiger charge is -2.09. The molecular formula is C15H9BrCl2O2. The minimum absolute atomic E-state index is 0.153. The number of fused-ring (bicyclic) bond motifs is 1. The number of benzene rings is 2. The fourth-order valence-corrected chi connectivity index (χ4v) is 3.09. The van der Waals surface area contributed by atoms with Gasteiger partial charge in [0.2, 0.25) is 0 Å². The third kappa shape index (κ3) is 2.46. The van der Waals surface area contributed by atoms with Gasteiger partial charge in [-0.3, -0.25) is 4.79 Å². The van der Waals surface area contributed by atoms with Crippen molar-refractivity contribution >= 4 is 44.9 Å². The van der Waals surface area contributed by atoms with Crippen molar-refractivity contribution in [1.82, 2.24) is 0 Å². The number of ether oxygens (including phenoxy) is 1. The molecule has 0 atom stereocenters. The molecule has 102 valence electrons. The molecule has 0 saturated heterocycles. The van der Waals surface area contributed by atoms with Gasteiger partial charge in [-0.15, -0.1) is 0 Å². The van der Waals surface area contributed by atoms with Gasteiger partial charge < -0.3 is 4.74 Å². The van der Waals surface area contributed by atoms with E-state index >= 15 is 0 Å². The first-order valence-electron chi connectivity index (χ1n) is 6.01. The minimum Gasteiger partial charge on any atom is -0.492 e. The van der Waals surface area contributed by atoms with Crippen LogP contribution in [0.25, 0.3) is 0 Å². The van der Waals surface area contributed by atoms with Crippen molar-refractivity contribution in [2.45, 2.75) is 6.42 Å². The molecule has 1 aliphatic heterocycles. The van der Waals surface area contributed by atoms with Crippen molar-refractivity contribution in [3.63, 3.8) is 0 Å². The van der Waals surface area contributed by atoms with Crippen LogP contribution in [0.3, 0.4) is 0 Å². The Kier molecular flexibility index (Phi) is 3.76. The van der Waals surface area contributed by atoms with E-state index in [1.165, 1.54) is 0 Å².